The van der Waals surface area contributed by atoms with Crippen LogP contribution in [-0.4, -0.2) is 69.0 Å². The monoisotopic (exact) mass is 461 g/mol. The molecule has 0 radical (unpaired) electrons. The molecule has 2 rings (SSSR count). The lowest BCUT2D eigenvalue weighted by atomic mass is 10.1. The Hall–Kier alpha value is -2.91. The standard InChI is InChI=1S/C23H31N3O5S/c1-18(23(28)24-15-14-19-10-12-21(31-3)13-11-19)26(16-20-8-6-5-7-9-20)22(27)17-25(2)32(4,29)30/h5-13,18H,14-17H2,1-4H3,(H,24,28)/t18-/m0/s1. The summed E-state index contributed by atoms with van der Waals surface area (Å²) in [6.45, 7) is 1.91. The molecule has 8 nitrogen and oxygen atoms in total. The first-order valence-corrected chi connectivity index (χ1v) is 12.1. The highest BCUT2D eigenvalue weighted by molar-refractivity contribution is 7.88. The van der Waals surface area contributed by atoms with Gasteiger partial charge in [-0.05, 0) is 36.6 Å². The van der Waals surface area contributed by atoms with Crippen LogP contribution < -0.4 is 10.1 Å². The number of rotatable bonds is 11. The number of carbonyl (C=O) groups excluding carboxylic acids is 2. The van der Waals surface area contributed by atoms with Gasteiger partial charge in [0.2, 0.25) is 21.8 Å². The van der Waals surface area contributed by atoms with Crippen molar-refractivity contribution in [1.29, 1.82) is 0 Å². The van der Waals surface area contributed by atoms with Crippen LogP contribution >= 0.6 is 0 Å². The fourth-order valence-corrected chi connectivity index (χ4v) is 3.38. The fourth-order valence-electron chi connectivity index (χ4n) is 3.03. The third kappa shape index (κ3) is 7.65. The van der Waals surface area contributed by atoms with Gasteiger partial charge in [-0.1, -0.05) is 42.5 Å². The van der Waals surface area contributed by atoms with E-state index in [1.165, 1.54) is 11.9 Å². The zero-order valence-corrected chi connectivity index (χ0v) is 19.8. The Morgan fingerprint density at radius 1 is 1.03 bits per heavy atom. The lowest BCUT2D eigenvalue weighted by molar-refractivity contribution is -0.140. The number of nitrogens with one attached hydrogen (secondary N) is 1. The van der Waals surface area contributed by atoms with Crippen LogP contribution in [0.5, 0.6) is 5.75 Å². The van der Waals surface area contributed by atoms with Gasteiger partial charge in [0.05, 0.1) is 19.9 Å². The van der Waals surface area contributed by atoms with Gasteiger partial charge in [-0.3, -0.25) is 9.59 Å². The highest BCUT2D eigenvalue weighted by Crippen LogP contribution is 2.12. The van der Waals surface area contributed by atoms with Crippen molar-refractivity contribution in [3.8, 4) is 5.75 Å². The molecule has 32 heavy (non-hydrogen) atoms. The maximum atomic E-state index is 12.9. The molecule has 0 heterocycles. The van der Waals surface area contributed by atoms with Crippen molar-refractivity contribution in [1.82, 2.24) is 14.5 Å². The number of sulfonamides is 1. The van der Waals surface area contributed by atoms with Crippen LogP contribution in [0.1, 0.15) is 18.1 Å². The van der Waals surface area contributed by atoms with Crippen molar-refractivity contribution in [3.05, 3.63) is 65.7 Å². The zero-order chi connectivity index (χ0) is 23.7. The number of nitrogens with zero attached hydrogens (tertiary/aromatic N) is 2. The van der Waals surface area contributed by atoms with Crippen LogP contribution in [-0.2, 0) is 32.6 Å². The average Bonchev–Trinajstić information content (AvgIpc) is 2.77. The normalized spacial score (nSPS) is 12.3. The molecule has 2 aromatic carbocycles. The predicted molar refractivity (Wildman–Crippen MR) is 124 cm³/mol. The SMILES string of the molecule is COc1ccc(CCNC(=O)[C@H](C)N(Cc2ccccc2)C(=O)CN(C)S(C)(=O)=O)cc1. The van der Waals surface area contributed by atoms with Gasteiger partial charge in [-0.15, -0.1) is 0 Å². The first-order valence-electron chi connectivity index (χ1n) is 10.3. The molecule has 2 aromatic rings. The van der Waals surface area contributed by atoms with Gasteiger partial charge in [0.25, 0.3) is 0 Å². The summed E-state index contributed by atoms with van der Waals surface area (Å²) in [7, 11) is -0.579. The number of methoxy groups -OCH3 is 1. The molecule has 0 aromatic heterocycles. The molecule has 0 fully saturated rings. The van der Waals surface area contributed by atoms with Gasteiger partial charge in [0.1, 0.15) is 11.8 Å². The second-order valence-corrected chi connectivity index (χ2v) is 9.68. The second-order valence-electron chi connectivity index (χ2n) is 7.59. The van der Waals surface area contributed by atoms with Gasteiger partial charge >= 0.3 is 0 Å². The topological polar surface area (TPSA) is 96.0 Å². The molecule has 2 amide bonds. The van der Waals surface area contributed by atoms with Gasteiger partial charge in [-0.2, -0.15) is 4.31 Å². The Labute approximate surface area is 190 Å². The van der Waals surface area contributed by atoms with Gasteiger partial charge in [-0.25, -0.2) is 8.42 Å². The van der Waals surface area contributed by atoms with Crippen LogP contribution in [0, 0.1) is 0 Å². The predicted octanol–water partition coefficient (Wildman–Crippen LogP) is 1.66. The smallest absolute Gasteiger partial charge is 0.242 e. The van der Waals surface area contributed by atoms with Crippen LogP contribution in [0.3, 0.4) is 0 Å². The van der Waals surface area contributed by atoms with Crippen molar-refractivity contribution in [2.75, 3.05) is 33.5 Å². The first kappa shape index (κ1) is 25.4. The summed E-state index contributed by atoms with van der Waals surface area (Å²) >= 11 is 0. The van der Waals surface area contributed by atoms with Crippen molar-refractivity contribution in [3.63, 3.8) is 0 Å². The van der Waals surface area contributed by atoms with E-state index in [4.69, 9.17) is 4.74 Å². The molecule has 0 saturated heterocycles. The molecule has 0 aliphatic rings. The van der Waals surface area contributed by atoms with E-state index in [0.29, 0.717) is 13.0 Å². The lowest BCUT2D eigenvalue weighted by Gasteiger charge is -2.30. The Bertz CT molecular complexity index is 994. The van der Waals surface area contributed by atoms with Crippen LogP contribution in [0.25, 0.3) is 0 Å². The number of amides is 2. The van der Waals surface area contributed by atoms with Gasteiger partial charge in [0, 0.05) is 20.1 Å². The Balaban J connectivity index is 2.05. The largest absolute Gasteiger partial charge is 0.497 e. The molecule has 0 saturated carbocycles. The van der Waals surface area contributed by atoms with Crippen LogP contribution in [0.15, 0.2) is 54.6 Å². The van der Waals surface area contributed by atoms with E-state index >= 15 is 0 Å². The van der Waals surface area contributed by atoms with E-state index in [0.717, 1.165) is 27.4 Å². The quantitative estimate of drug-likeness (QED) is 0.549. The fraction of sp³-hybridized carbons (Fsp3) is 0.391. The van der Waals surface area contributed by atoms with E-state index in [2.05, 4.69) is 5.32 Å². The summed E-state index contributed by atoms with van der Waals surface area (Å²) in [4.78, 5) is 27.1. The molecular weight excluding hydrogens is 430 g/mol. The van der Waals surface area contributed by atoms with Crippen molar-refractivity contribution in [2.24, 2.45) is 0 Å². The van der Waals surface area contributed by atoms with E-state index in [9.17, 15) is 18.0 Å². The minimum absolute atomic E-state index is 0.199. The molecule has 1 N–H and O–H groups in total. The molecule has 0 aliphatic heterocycles. The molecule has 0 aliphatic carbocycles. The lowest BCUT2D eigenvalue weighted by Crippen LogP contribution is -2.50. The first-order chi connectivity index (χ1) is 15.1. The number of hydrogen-bond acceptors (Lipinski definition) is 5. The highest BCUT2D eigenvalue weighted by Gasteiger charge is 2.28. The summed E-state index contributed by atoms with van der Waals surface area (Å²) in [5, 5.41) is 2.87. The number of likely N-dealkylation sites (N-methyl/N-ethyl adjacent to an activating group) is 1. The molecule has 9 heteroatoms. The number of benzene rings is 2. The van der Waals surface area contributed by atoms with Crippen molar-refractivity contribution < 1.29 is 22.7 Å². The van der Waals surface area contributed by atoms with Crippen molar-refractivity contribution in [2.45, 2.75) is 25.9 Å². The zero-order valence-electron chi connectivity index (χ0n) is 18.9. The molecular formula is C23H31N3O5S. The number of ether oxygens (including phenoxy) is 1. The minimum Gasteiger partial charge on any atom is -0.497 e. The van der Waals surface area contributed by atoms with E-state index < -0.39 is 22.0 Å². The Kier molecular flexibility index (Phi) is 9.22. The maximum Gasteiger partial charge on any atom is 0.242 e. The van der Waals surface area contributed by atoms with E-state index in [-0.39, 0.29) is 19.0 Å². The maximum absolute atomic E-state index is 12.9. The summed E-state index contributed by atoms with van der Waals surface area (Å²) in [5.41, 5.74) is 1.89. The highest BCUT2D eigenvalue weighted by atomic mass is 32.2. The summed E-state index contributed by atoms with van der Waals surface area (Å²) in [6, 6.07) is 16.1. The summed E-state index contributed by atoms with van der Waals surface area (Å²) in [5.74, 6) is 0.0184. The van der Waals surface area contributed by atoms with Crippen LogP contribution in [0.4, 0.5) is 0 Å². The molecule has 0 spiro atoms. The average molecular weight is 462 g/mol. The van der Waals surface area contributed by atoms with E-state index in [1.54, 1.807) is 14.0 Å². The third-order valence-electron chi connectivity index (χ3n) is 5.16. The Morgan fingerprint density at radius 3 is 2.22 bits per heavy atom. The molecule has 1 atom stereocenters. The summed E-state index contributed by atoms with van der Waals surface area (Å²) in [6.07, 6.45) is 1.67. The Morgan fingerprint density at radius 2 is 1.66 bits per heavy atom. The number of carbonyl (C=O) groups is 2. The minimum atomic E-state index is -3.52. The van der Waals surface area contributed by atoms with E-state index in [1.807, 2.05) is 54.6 Å². The molecule has 0 unspecified atom stereocenters. The van der Waals surface area contributed by atoms with Crippen LogP contribution in [0.2, 0.25) is 0 Å². The third-order valence-corrected chi connectivity index (χ3v) is 6.42. The molecule has 0 bridgehead atoms. The second kappa shape index (κ2) is 11.6. The van der Waals surface area contributed by atoms with Crippen molar-refractivity contribution >= 4 is 21.8 Å². The molecule has 174 valence electrons. The number of hydrogen-bond donors (Lipinski definition) is 1. The summed E-state index contributed by atoms with van der Waals surface area (Å²) < 4.78 is 29.6. The van der Waals surface area contributed by atoms with Gasteiger partial charge in [0.15, 0.2) is 0 Å². The van der Waals surface area contributed by atoms with Gasteiger partial charge < -0.3 is 15.0 Å².